The minimum Gasteiger partial charge on any atom is -0.508 e. The van der Waals surface area contributed by atoms with Gasteiger partial charge in [-0.1, -0.05) is 19.0 Å². The van der Waals surface area contributed by atoms with Crippen LogP contribution < -0.4 is 4.90 Å². The Labute approximate surface area is 346 Å². The molecular weight excluding hydrogens is 460 g/mol. The second kappa shape index (κ2) is 10.0. The summed E-state index contributed by atoms with van der Waals surface area (Å²) in [7, 11) is 1.51. The standard InChI is InChI=1S/C30H33F2NO3.73H2/c1-16-14-22(34)8-9-23(16)29-28(30(35)33(29)26-12-7-21(31)13-17(26)2)18(3)15-27(36-6)24-10-11-25(32)20(5)19(24)4;;;;;;;;;;;;;;;;;;;;;;;;;;;;;;;;;;;;;;;;;;;;;;;;;;;;;;;;;;;;;;;;;;;;;;;;;/h7-14,18,27-29,34H,15H2,1-6H3;73*1H/t18-,27-,28+,29+;;;;;;;;;;;;;;;;;;;;;;;;;;;;;;;;;;;;;;;;;;;;;;;;;;;;;;;;;;;;;;;;;;;;;;;;;/m0........................................................................./s1/i10D,11D;15*1+1D;;;;;;;;;;;;;;;;;;;;;;;;;;;;;;;;;;;;;;;;;;;;;;;;;;;;;;;;;;. The van der Waals surface area contributed by atoms with Crippen LogP contribution in [0.25, 0.3) is 0 Å². The second-order valence-corrected chi connectivity index (χ2v) is 9.82. The fourth-order valence-corrected chi connectivity index (χ4v) is 5.36. The van der Waals surface area contributed by atoms with Gasteiger partial charge in [0.25, 0.3) is 0 Å². The number of β-lactam (4-membered cyclic amide) rings is 1. The summed E-state index contributed by atoms with van der Waals surface area (Å²) < 4.78 is 201. The van der Waals surface area contributed by atoms with Crippen LogP contribution in [0.4, 0.5) is 14.5 Å². The molecule has 3 aromatic carbocycles. The summed E-state index contributed by atoms with van der Waals surface area (Å²) in [6.45, 7) is 8.89. The Bertz CT molecular complexity index is 1480. The van der Waals surface area contributed by atoms with Crippen LogP contribution in [0.2, 0.25) is 0 Å². The number of phenols is 1. The Kier molecular flexibility index (Phi) is 3.30. The second-order valence-electron chi connectivity index (χ2n) is 9.82. The van der Waals surface area contributed by atoms with Crippen molar-refractivity contribution in [2.24, 2.45) is 11.8 Å². The zero-order valence-corrected chi connectivity index (χ0v) is 21.4. The number of nitrogens with zero attached hydrogens (tertiary/aromatic N) is 1. The largest absolute Gasteiger partial charge is 0.508 e. The molecular formula is C30H179F2NO3. The number of phenolic OH excluding ortho intramolecular Hbond substituents is 1. The number of carbonyl (C=O) groups excluding carboxylic acids is 1. The number of methoxy groups -OCH3 is 1. The van der Waals surface area contributed by atoms with Crippen LogP contribution in [-0.2, 0) is 9.53 Å². The van der Waals surface area contributed by atoms with Crippen LogP contribution in [0.5, 0.6) is 5.75 Å². The number of hydrogen-bond donors (Lipinski definition) is 1. The normalized spacial score (nSPS) is 23.3. The third-order valence-corrected chi connectivity index (χ3v) is 7.54. The predicted octanol–water partition coefficient (Wildman–Crippen LogP) is 25.0. The third kappa shape index (κ3) is 4.50. The number of benzene rings is 3. The molecule has 4 atom stereocenters. The van der Waals surface area contributed by atoms with Gasteiger partial charge in [-0.2, -0.15) is 0 Å². The van der Waals surface area contributed by atoms with Gasteiger partial charge in [0.15, 0.2) is 0 Å². The molecule has 6 heteroatoms. The van der Waals surface area contributed by atoms with E-state index in [2.05, 4.69) is 0 Å². The maximum Gasteiger partial charge on any atom is 0.233 e. The first-order chi connectivity index (χ1) is 32.9. The van der Waals surface area contributed by atoms with E-state index in [4.69, 9.17) is 52.0 Å². The van der Waals surface area contributed by atoms with Gasteiger partial charge in [0.1, 0.15) is 17.4 Å². The molecule has 1 saturated heterocycles. The SMILES string of the molecule is [2H][2H].[2H][2H].[2H][2H].[2H][2H].[2H][2H].[2H][2H].[2H][2H].[2H][2H].[2H][2H].[2H][2H].[2H][2H].[2H][2H].[2H][2H].[2H][2H].[2H][2H].[2H]c1c([2H])c([C@H](C[C@H](C)[C@H]2C(=O)N(c3ccc(F)cc3C)[C@@H]2c2ccc(O)cc2C)OC)c(C)c(C)c1F.[HH].[HH].[HH].[HH].[HH].[HH].[HH].[HH].[HH].[HH].[HH].[HH].[HH].[HH].[HH].[HH].[HH].[HH].[HH].[HH].[HH].[HH].[HH].[HH].[HH].[HH].[HH].[HH].[HH].[HH].[HH].[HH].[HH].[HH].[HH].[HH].[HH].[HH].[HH].[HH].[HH].[HH].[HH].[HH].[HH].[HH].[HH].[HH].[HH].[HH].[HH].[HH].[HH].[HH].[HH].[HH].[HH].[HH]. The number of amides is 1. The van der Waals surface area contributed by atoms with Gasteiger partial charge in [-0.05, 0) is 110 Å². The maximum atomic E-state index is 14.4. The Morgan fingerprint density at radius 2 is 1.86 bits per heavy atom. The van der Waals surface area contributed by atoms with Crippen molar-refractivity contribution in [1.29, 1.82) is 0 Å². The van der Waals surface area contributed by atoms with E-state index in [1.54, 1.807) is 43.9 Å². The lowest BCUT2D eigenvalue weighted by atomic mass is 9.71. The maximum absolute atomic E-state index is 14.4. The fourth-order valence-electron chi connectivity index (χ4n) is 5.36. The zero-order valence-electron chi connectivity index (χ0n) is 53.4. The highest BCUT2D eigenvalue weighted by atomic mass is 19.1. The molecule has 0 unspecified atom stereocenters. The van der Waals surface area contributed by atoms with Gasteiger partial charge in [-0.15, -0.1) is 0 Å². The topological polar surface area (TPSA) is 49.8 Å². The number of anilines is 1. The fraction of sp³-hybridized carbons (Fsp3) is 0.367. The van der Waals surface area contributed by atoms with Crippen molar-refractivity contribution in [2.45, 2.75) is 53.2 Å². The van der Waals surface area contributed by atoms with Gasteiger partial charge in [0, 0.05) is 140 Å². The molecule has 1 aliphatic heterocycles. The number of hydrogen-bond acceptors (Lipinski definition) is 3. The summed E-state index contributed by atoms with van der Waals surface area (Å²) in [6, 6.07) is 8.36. The van der Waals surface area contributed by atoms with Gasteiger partial charge >= 0.3 is 0 Å². The monoisotopic (exact) mass is 673 g/mol. The average molecular weight is 673 g/mol. The van der Waals surface area contributed by atoms with E-state index in [0.29, 0.717) is 34.4 Å². The van der Waals surface area contributed by atoms with Crippen molar-refractivity contribution in [3.05, 3.63) is 93.5 Å². The Balaban J connectivity index is -0.00000000483. The van der Waals surface area contributed by atoms with Gasteiger partial charge < -0.3 is 14.7 Å². The van der Waals surface area contributed by atoms with E-state index < -0.39 is 23.9 Å². The molecule has 36 heavy (non-hydrogen) atoms. The lowest BCUT2D eigenvalue weighted by Crippen LogP contribution is -2.58. The highest BCUT2D eigenvalue weighted by molar-refractivity contribution is 6.04. The van der Waals surface area contributed by atoms with Crippen LogP contribution in [-0.4, -0.2) is 18.1 Å². The Morgan fingerprint density at radius 1 is 1.14 bits per heavy atom. The van der Waals surface area contributed by atoms with Crippen LogP contribution in [0.3, 0.4) is 0 Å². The molecule has 1 N–H and O–H groups in total. The van der Waals surface area contributed by atoms with E-state index in [-0.39, 0.29) is 118 Å². The molecule has 1 heterocycles. The van der Waals surface area contributed by atoms with Crippen LogP contribution in [0.1, 0.15) is 189 Å². The van der Waals surface area contributed by atoms with Crippen LogP contribution in [0, 0.1) is 51.2 Å². The van der Waals surface area contributed by atoms with Crippen molar-refractivity contribution in [2.75, 3.05) is 12.0 Å². The van der Waals surface area contributed by atoms with Crippen molar-refractivity contribution in [3.63, 3.8) is 0 Å². The molecule has 336 valence electrons. The number of rotatable bonds is 7. The zero-order chi connectivity index (χ0) is 58.0. The molecule has 1 fully saturated rings. The summed E-state index contributed by atoms with van der Waals surface area (Å²) in [4.78, 5) is 15.4. The minimum atomic E-state index is -0.707. The predicted molar refractivity (Wildman–Crippen MR) is 291 cm³/mol. The Hall–Kier alpha value is -3.25. The molecule has 0 bridgehead atoms. The number of carbonyl (C=O) groups is 1. The molecule has 4 rings (SSSR count). The molecule has 1 amide bonds. The van der Waals surface area contributed by atoms with Gasteiger partial charge in [-0.3, -0.25) is 4.79 Å². The summed E-state index contributed by atoms with van der Waals surface area (Å²) in [5.74, 6) is -1.75. The smallest absolute Gasteiger partial charge is 0.233 e. The molecule has 0 aromatic heterocycles. The van der Waals surface area contributed by atoms with E-state index >= 15 is 0 Å². The van der Waals surface area contributed by atoms with Gasteiger partial charge in [0.2, 0.25) is 5.91 Å². The summed E-state index contributed by atoms with van der Waals surface area (Å²) >= 11 is 0. The molecule has 0 aliphatic carbocycles. The van der Waals surface area contributed by atoms with Crippen LogP contribution in [0.15, 0.2) is 48.5 Å². The first kappa shape index (κ1) is 11.9. The van der Waals surface area contributed by atoms with E-state index in [1.165, 1.54) is 19.2 Å². The molecule has 1 aliphatic rings. The van der Waals surface area contributed by atoms with E-state index in [0.717, 1.165) is 11.1 Å². The summed E-state index contributed by atoms with van der Waals surface area (Å²) in [5, 5.41) is 9.99. The molecule has 0 radical (unpaired) electrons. The quantitative estimate of drug-likeness (QED) is 0.254. The molecule has 0 saturated carbocycles. The minimum absolute atomic E-state index is 0. The number of ether oxygens (including phenoxy) is 1. The molecule has 4 nitrogen and oxygen atoms in total. The number of aryl methyl sites for hydroxylation is 2. The van der Waals surface area contributed by atoms with Crippen molar-refractivity contribution >= 4 is 11.6 Å². The van der Waals surface area contributed by atoms with E-state index in [1.807, 2.05) is 19.9 Å². The highest BCUT2D eigenvalue weighted by Crippen LogP contribution is 2.50. The first-order valence-corrected chi connectivity index (χ1v) is 12.1. The summed E-state index contributed by atoms with van der Waals surface area (Å²) in [5.41, 5.74) is 4.30. The third-order valence-electron chi connectivity index (χ3n) is 7.54. The lowest BCUT2D eigenvalue weighted by Gasteiger charge is -2.51. The Morgan fingerprint density at radius 3 is 2.50 bits per heavy atom. The van der Waals surface area contributed by atoms with Crippen molar-refractivity contribution in [1.82, 2.24) is 0 Å². The number of aromatic hydroxyl groups is 1. The van der Waals surface area contributed by atoms with Crippen LogP contribution >= 0.6 is 0 Å². The van der Waals surface area contributed by atoms with E-state index in [9.17, 15) is 18.7 Å². The van der Waals surface area contributed by atoms with Crippen molar-refractivity contribution in [3.8, 4) is 5.75 Å². The van der Waals surface area contributed by atoms with Gasteiger partial charge in [0.05, 0.1) is 20.8 Å². The molecule has 3 aromatic rings. The molecule has 0 spiro atoms. The lowest BCUT2D eigenvalue weighted by molar-refractivity contribution is -0.133. The summed E-state index contributed by atoms with van der Waals surface area (Å²) in [6.07, 6.45) is -0.245. The van der Waals surface area contributed by atoms with Crippen molar-refractivity contribution < 1.29 is 153 Å². The average Bonchev–Trinajstić information content (AvgIpc) is 3.43. The van der Waals surface area contributed by atoms with Gasteiger partial charge in [-0.25, -0.2) is 8.78 Å². The number of halogens is 2. The highest BCUT2D eigenvalue weighted by Gasteiger charge is 2.52. The first-order valence-electron chi connectivity index (χ1n) is 28.1.